The number of sulfonamides is 1. The second-order valence-electron chi connectivity index (χ2n) is 5.76. The van der Waals surface area contributed by atoms with Crippen LogP contribution in [0.5, 0.6) is 5.75 Å². The fourth-order valence-electron chi connectivity index (χ4n) is 2.10. The maximum absolute atomic E-state index is 12.4. The lowest BCUT2D eigenvalue weighted by atomic mass is 10.2. The molecule has 2 rings (SSSR count). The van der Waals surface area contributed by atoms with Crippen molar-refractivity contribution < 1.29 is 17.9 Å². The molecule has 0 aliphatic rings. The van der Waals surface area contributed by atoms with Crippen LogP contribution in [-0.2, 0) is 10.0 Å². The molecule has 2 aromatic carbocycles. The van der Waals surface area contributed by atoms with Gasteiger partial charge < -0.3 is 10.1 Å². The third kappa shape index (κ3) is 4.75. The molecule has 0 saturated heterocycles. The van der Waals surface area contributed by atoms with Crippen molar-refractivity contribution in [3.8, 4) is 5.75 Å². The molecule has 0 aliphatic carbocycles. The van der Waals surface area contributed by atoms with Crippen molar-refractivity contribution in [2.45, 2.75) is 18.2 Å². The molecule has 6 nitrogen and oxygen atoms in total. The Bertz CT molecular complexity index is 881. The summed E-state index contributed by atoms with van der Waals surface area (Å²) in [5.74, 6) is 0.330. The van der Waals surface area contributed by atoms with Gasteiger partial charge in [0, 0.05) is 25.3 Å². The lowest BCUT2D eigenvalue weighted by Crippen LogP contribution is -2.23. The van der Waals surface area contributed by atoms with Crippen molar-refractivity contribution in [3.63, 3.8) is 0 Å². The molecule has 0 radical (unpaired) electrons. The molecular formula is C18H21ClN2O4S. The van der Waals surface area contributed by atoms with Crippen LogP contribution in [0.2, 0.25) is 5.02 Å². The van der Waals surface area contributed by atoms with E-state index in [1.807, 2.05) is 6.92 Å². The molecule has 0 aromatic heterocycles. The van der Waals surface area contributed by atoms with E-state index in [0.29, 0.717) is 23.6 Å². The standard InChI is InChI=1S/C18H21ClN2O4S/c1-4-11-25-15-8-5-13(6-9-15)18(22)20-14-7-10-16(19)17(12-14)26(23,24)21(2)3/h5-10,12H,4,11H2,1-3H3,(H,20,22). The topological polar surface area (TPSA) is 75.7 Å². The maximum atomic E-state index is 12.4. The average molecular weight is 397 g/mol. The molecule has 0 atom stereocenters. The Balaban J connectivity index is 2.19. The smallest absolute Gasteiger partial charge is 0.255 e. The van der Waals surface area contributed by atoms with Crippen LogP contribution in [0.25, 0.3) is 0 Å². The molecule has 0 fully saturated rings. The maximum Gasteiger partial charge on any atom is 0.255 e. The van der Waals surface area contributed by atoms with E-state index < -0.39 is 10.0 Å². The van der Waals surface area contributed by atoms with Gasteiger partial charge in [-0.1, -0.05) is 18.5 Å². The van der Waals surface area contributed by atoms with Gasteiger partial charge in [0.05, 0.1) is 11.6 Å². The number of halogens is 1. The molecule has 0 saturated carbocycles. The summed E-state index contributed by atoms with van der Waals surface area (Å²) in [5, 5.41) is 2.77. The van der Waals surface area contributed by atoms with Crippen LogP contribution in [0.4, 0.5) is 5.69 Å². The van der Waals surface area contributed by atoms with Crippen LogP contribution >= 0.6 is 11.6 Å². The molecule has 0 bridgehead atoms. The second-order valence-corrected chi connectivity index (χ2v) is 8.29. The Morgan fingerprint density at radius 2 is 1.81 bits per heavy atom. The van der Waals surface area contributed by atoms with Gasteiger partial charge in [0.1, 0.15) is 10.6 Å². The first-order valence-corrected chi connectivity index (χ1v) is 9.83. The lowest BCUT2D eigenvalue weighted by molar-refractivity contribution is 0.102. The predicted octanol–water partition coefficient (Wildman–Crippen LogP) is 3.63. The molecule has 0 unspecified atom stereocenters. The minimum Gasteiger partial charge on any atom is -0.494 e. The largest absolute Gasteiger partial charge is 0.494 e. The van der Waals surface area contributed by atoms with Crippen molar-refractivity contribution in [1.29, 1.82) is 0 Å². The highest BCUT2D eigenvalue weighted by atomic mass is 35.5. The van der Waals surface area contributed by atoms with Gasteiger partial charge in [-0.15, -0.1) is 0 Å². The number of ether oxygens (including phenoxy) is 1. The van der Waals surface area contributed by atoms with E-state index in [4.69, 9.17) is 16.3 Å². The third-order valence-electron chi connectivity index (χ3n) is 3.54. The minimum absolute atomic E-state index is 0.0646. The van der Waals surface area contributed by atoms with E-state index in [1.165, 1.54) is 26.2 Å². The van der Waals surface area contributed by atoms with Gasteiger partial charge in [0.2, 0.25) is 10.0 Å². The highest BCUT2D eigenvalue weighted by Gasteiger charge is 2.21. The van der Waals surface area contributed by atoms with E-state index in [9.17, 15) is 13.2 Å². The first-order chi connectivity index (χ1) is 12.3. The van der Waals surface area contributed by atoms with Gasteiger partial charge in [0.25, 0.3) is 5.91 Å². The second kappa shape index (κ2) is 8.53. The summed E-state index contributed by atoms with van der Waals surface area (Å²) in [7, 11) is -0.880. The summed E-state index contributed by atoms with van der Waals surface area (Å²) in [6.07, 6.45) is 0.900. The first kappa shape index (κ1) is 20.2. The summed E-state index contributed by atoms with van der Waals surface area (Å²) in [4.78, 5) is 12.3. The van der Waals surface area contributed by atoms with Crippen LogP contribution in [0.1, 0.15) is 23.7 Å². The van der Waals surface area contributed by atoms with Crippen molar-refractivity contribution in [2.24, 2.45) is 0 Å². The van der Waals surface area contributed by atoms with Crippen molar-refractivity contribution in [1.82, 2.24) is 4.31 Å². The number of anilines is 1. The van der Waals surface area contributed by atoms with Crippen LogP contribution in [0.15, 0.2) is 47.4 Å². The van der Waals surface area contributed by atoms with Crippen LogP contribution in [-0.4, -0.2) is 39.3 Å². The summed E-state index contributed by atoms with van der Waals surface area (Å²) in [5.41, 5.74) is 0.770. The van der Waals surface area contributed by atoms with Crippen molar-refractivity contribution in [2.75, 3.05) is 26.0 Å². The zero-order chi connectivity index (χ0) is 19.3. The molecule has 26 heavy (non-hydrogen) atoms. The normalized spacial score (nSPS) is 11.4. The van der Waals surface area contributed by atoms with Gasteiger partial charge in [0.15, 0.2) is 0 Å². The predicted molar refractivity (Wildman–Crippen MR) is 103 cm³/mol. The summed E-state index contributed by atoms with van der Waals surface area (Å²) >= 11 is 6.00. The van der Waals surface area contributed by atoms with E-state index >= 15 is 0 Å². The van der Waals surface area contributed by atoms with Crippen molar-refractivity contribution in [3.05, 3.63) is 53.1 Å². The molecule has 1 N–H and O–H groups in total. The number of carbonyl (C=O) groups excluding carboxylic acids is 1. The third-order valence-corrected chi connectivity index (χ3v) is 5.83. The zero-order valence-electron chi connectivity index (χ0n) is 14.8. The molecule has 2 aromatic rings. The van der Waals surface area contributed by atoms with Gasteiger partial charge in [-0.3, -0.25) is 4.79 Å². The Morgan fingerprint density at radius 1 is 1.15 bits per heavy atom. The number of hydrogen-bond donors (Lipinski definition) is 1. The summed E-state index contributed by atoms with van der Waals surface area (Å²) < 4.78 is 31.1. The van der Waals surface area contributed by atoms with Crippen LogP contribution in [0.3, 0.4) is 0 Å². The zero-order valence-corrected chi connectivity index (χ0v) is 16.4. The number of amides is 1. The number of nitrogens with one attached hydrogen (secondary N) is 1. The van der Waals surface area contributed by atoms with E-state index in [2.05, 4.69) is 5.32 Å². The molecule has 0 aliphatic heterocycles. The molecule has 1 amide bonds. The van der Waals surface area contributed by atoms with Gasteiger partial charge in [-0.25, -0.2) is 12.7 Å². The number of benzene rings is 2. The van der Waals surface area contributed by atoms with Gasteiger partial charge in [-0.05, 0) is 48.9 Å². The Morgan fingerprint density at radius 3 is 2.38 bits per heavy atom. The van der Waals surface area contributed by atoms with Gasteiger partial charge >= 0.3 is 0 Å². The van der Waals surface area contributed by atoms with Gasteiger partial charge in [-0.2, -0.15) is 0 Å². The quantitative estimate of drug-likeness (QED) is 0.775. The molecule has 8 heteroatoms. The summed E-state index contributed by atoms with van der Waals surface area (Å²) in [6.45, 7) is 2.62. The first-order valence-electron chi connectivity index (χ1n) is 8.02. The number of hydrogen-bond acceptors (Lipinski definition) is 4. The van der Waals surface area contributed by atoms with Crippen LogP contribution < -0.4 is 10.1 Å². The average Bonchev–Trinajstić information content (AvgIpc) is 2.61. The number of nitrogens with zero attached hydrogens (tertiary/aromatic N) is 1. The van der Waals surface area contributed by atoms with Crippen molar-refractivity contribution >= 4 is 33.2 Å². The number of carbonyl (C=O) groups is 1. The Labute approximate surface area is 158 Å². The minimum atomic E-state index is -3.71. The SMILES string of the molecule is CCCOc1ccc(C(=O)Nc2ccc(Cl)c(S(=O)(=O)N(C)C)c2)cc1. The van der Waals surface area contributed by atoms with E-state index in [0.717, 1.165) is 10.7 Å². The molecular weight excluding hydrogens is 376 g/mol. The fourth-order valence-corrected chi connectivity index (χ4v) is 3.50. The summed E-state index contributed by atoms with van der Waals surface area (Å²) in [6, 6.07) is 11.1. The van der Waals surface area contributed by atoms with Crippen LogP contribution in [0, 0.1) is 0 Å². The molecule has 0 spiro atoms. The Hall–Kier alpha value is -2.09. The highest BCUT2D eigenvalue weighted by molar-refractivity contribution is 7.89. The highest BCUT2D eigenvalue weighted by Crippen LogP contribution is 2.27. The monoisotopic (exact) mass is 396 g/mol. The fraction of sp³-hybridized carbons (Fsp3) is 0.278. The molecule has 140 valence electrons. The van der Waals surface area contributed by atoms with E-state index in [1.54, 1.807) is 30.3 Å². The molecule has 0 heterocycles. The Kier molecular flexibility index (Phi) is 6.63. The van der Waals surface area contributed by atoms with E-state index in [-0.39, 0.29) is 15.8 Å². The lowest BCUT2D eigenvalue weighted by Gasteiger charge is -2.14. The number of rotatable bonds is 7.